The van der Waals surface area contributed by atoms with Crippen molar-refractivity contribution in [3.05, 3.63) is 21.5 Å². The third-order valence-corrected chi connectivity index (χ3v) is 3.67. The number of hydrogen-bond donors (Lipinski definition) is 0. The van der Waals surface area contributed by atoms with Crippen molar-refractivity contribution in [3.63, 3.8) is 0 Å². The zero-order chi connectivity index (χ0) is 12.5. The number of fused-ring (bicyclic) bond motifs is 1. The average Bonchev–Trinajstić information content (AvgIpc) is 2.77. The van der Waals surface area contributed by atoms with Crippen LogP contribution in [0, 0.1) is 3.57 Å². The Morgan fingerprint density at radius 1 is 1.50 bits per heavy atom. The van der Waals surface area contributed by atoms with Crippen LogP contribution < -0.4 is 0 Å². The molecule has 0 aromatic carbocycles. The smallest absolute Gasteiger partial charge is 0.171 e. The Morgan fingerprint density at radius 2 is 2.39 bits per heavy atom. The van der Waals surface area contributed by atoms with Crippen LogP contribution in [-0.4, -0.2) is 27.7 Å². The summed E-state index contributed by atoms with van der Waals surface area (Å²) < 4.78 is 8.44. The summed E-state index contributed by atoms with van der Waals surface area (Å²) >= 11 is 2.18. The molecule has 2 aromatic heterocycles. The van der Waals surface area contributed by atoms with E-state index >= 15 is 0 Å². The van der Waals surface area contributed by atoms with E-state index in [1.165, 1.54) is 0 Å². The Balaban J connectivity index is 2.13. The van der Waals surface area contributed by atoms with Crippen molar-refractivity contribution in [2.45, 2.75) is 25.5 Å². The van der Waals surface area contributed by atoms with Gasteiger partial charge < -0.3 is 4.74 Å². The number of rotatable bonds is 2. The Labute approximate surface area is 118 Å². The molecule has 0 radical (unpaired) electrons. The van der Waals surface area contributed by atoms with Gasteiger partial charge in [-0.1, -0.05) is 0 Å². The minimum Gasteiger partial charge on any atom is -0.356 e. The lowest BCUT2D eigenvalue weighted by atomic mass is 10.2. The van der Waals surface area contributed by atoms with E-state index in [4.69, 9.17) is 4.74 Å². The SMILES string of the molecule is O=Cc1nn(C2CCCCO2)c2ncc(I)cc12. The fraction of sp³-hybridized carbons (Fsp3) is 0.417. The summed E-state index contributed by atoms with van der Waals surface area (Å²) in [5, 5.41) is 5.13. The molecule has 1 atom stereocenters. The second-order valence-electron chi connectivity index (χ2n) is 4.29. The van der Waals surface area contributed by atoms with Gasteiger partial charge in [0.15, 0.2) is 18.2 Å². The quantitative estimate of drug-likeness (QED) is 0.612. The first-order valence-electron chi connectivity index (χ1n) is 5.90. The fourth-order valence-electron chi connectivity index (χ4n) is 2.22. The normalized spacial score (nSPS) is 20.2. The Hall–Kier alpha value is -1.02. The highest BCUT2D eigenvalue weighted by Crippen LogP contribution is 2.27. The van der Waals surface area contributed by atoms with Crippen LogP contribution in [0.25, 0.3) is 11.0 Å². The Bertz CT molecular complexity index is 590. The molecule has 1 aliphatic rings. The second kappa shape index (κ2) is 4.93. The highest BCUT2D eigenvalue weighted by Gasteiger charge is 2.21. The molecule has 3 rings (SSSR count). The number of aldehydes is 1. The standard InChI is InChI=1S/C12H12IN3O2/c13-8-5-9-10(7-17)15-16(12(9)14-6-8)11-3-1-2-4-18-11/h5-7,11H,1-4H2. The number of halogens is 1. The molecule has 1 unspecified atom stereocenters. The van der Waals surface area contributed by atoms with Crippen LogP contribution in [-0.2, 0) is 4.74 Å². The van der Waals surface area contributed by atoms with Crippen LogP contribution in [0.5, 0.6) is 0 Å². The number of carbonyl (C=O) groups excluding carboxylic acids is 1. The van der Waals surface area contributed by atoms with Gasteiger partial charge in [-0.05, 0) is 47.9 Å². The van der Waals surface area contributed by atoms with Gasteiger partial charge in [0, 0.05) is 16.4 Å². The average molecular weight is 357 g/mol. The molecule has 1 fully saturated rings. The van der Waals surface area contributed by atoms with Gasteiger partial charge in [-0.15, -0.1) is 0 Å². The molecule has 0 aliphatic carbocycles. The van der Waals surface area contributed by atoms with E-state index in [0.29, 0.717) is 5.69 Å². The largest absolute Gasteiger partial charge is 0.356 e. The van der Waals surface area contributed by atoms with E-state index in [0.717, 1.165) is 46.8 Å². The summed E-state index contributed by atoms with van der Waals surface area (Å²) in [6, 6.07) is 1.93. The number of aromatic nitrogens is 3. The molecule has 0 bridgehead atoms. The highest BCUT2D eigenvalue weighted by molar-refractivity contribution is 14.1. The molecule has 1 aliphatic heterocycles. The van der Waals surface area contributed by atoms with E-state index in [2.05, 4.69) is 32.7 Å². The minimum absolute atomic E-state index is 0.0949. The molecule has 0 saturated carbocycles. The highest BCUT2D eigenvalue weighted by atomic mass is 127. The molecule has 1 saturated heterocycles. The number of carbonyl (C=O) groups is 1. The second-order valence-corrected chi connectivity index (χ2v) is 5.54. The molecular formula is C12H12IN3O2. The van der Waals surface area contributed by atoms with E-state index < -0.39 is 0 Å². The van der Waals surface area contributed by atoms with Crippen LogP contribution in [0.4, 0.5) is 0 Å². The van der Waals surface area contributed by atoms with Crippen LogP contribution >= 0.6 is 22.6 Å². The summed E-state index contributed by atoms with van der Waals surface area (Å²) in [6.07, 6.45) is 5.58. The van der Waals surface area contributed by atoms with Gasteiger partial charge in [0.25, 0.3) is 0 Å². The lowest BCUT2D eigenvalue weighted by Crippen LogP contribution is -2.19. The van der Waals surface area contributed by atoms with Gasteiger partial charge in [-0.25, -0.2) is 9.67 Å². The van der Waals surface area contributed by atoms with Crippen LogP contribution in [0.3, 0.4) is 0 Å². The molecule has 94 valence electrons. The van der Waals surface area contributed by atoms with E-state index in [1.54, 1.807) is 10.9 Å². The summed E-state index contributed by atoms with van der Waals surface area (Å²) in [5.74, 6) is 0. The molecule has 18 heavy (non-hydrogen) atoms. The van der Waals surface area contributed by atoms with E-state index in [1.807, 2.05) is 6.07 Å². The molecule has 2 aromatic rings. The zero-order valence-corrected chi connectivity index (χ0v) is 11.8. The summed E-state index contributed by atoms with van der Waals surface area (Å²) in [6.45, 7) is 0.743. The Morgan fingerprint density at radius 3 is 3.11 bits per heavy atom. The van der Waals surface area contributed by atoms with Crippen molar-refractivity contribution in [1.82, 2.24) is 14.8 Å². The van der Waals surface area contributed by atoms with Crippen molar-refractivity contribution >= 4 is 39.9 Å². The van der Waals surface area contributed by atoms with Gasteiger partial charge in [-0.3, -0.25) is 4.79 Å². The molecule has 6 heteroatoms. The molecular weight excluding hydrogens is 345 g/mol. The fourth-order valence-corrected chi connectivity index (χ4v) is 2.68. The maximum absolute atomic E-state index is 11.1. The third-order valence-electron chi connectivity index (χ3n) is 3.08. The predicted octanol–water partition coefficient (Wildman–Crippen LogP) is 2.55. The van der Waals surface area contributed by atoms with E-state index in [9.17, 15) is 4.79 Å². The maximum Gasteiger partial charge on any atom is 0.171 e. The monoisotopic (exact) mass is 357 g/mol. The zero-order valence-electron chi connectivity index (χ0n) is 9.67. The van der Waals surface area contributed by atoms with Gasteiger partial charge in [0.05, 0.1) is 5.39 Å². The number of ether oxygens (including phenoxy) is 1. The predicted molar refractivity (Wildman–Crippen MR) is 74.5 cm³/mol. The van der Waals surface area contributed by atoms with Gasteiger partial charge >= 0.3 is 0 Å². The number of hydrogen-bond acceptors (Lipinski definition) is 4. The summed E-state index contributed by atoms with van der Waals surface area (Å²) in [7, 11) is 0. The lowest BCUT2D eigenvalue weighted by Gasteiger charge is -2.22. The first-order valence-corrected chi connectivity index (χ1v) is 6.98. The molecule has 0 N–H and O–H groups in total. The first-order chi connectivity index (χ1) is 8.79. The first kappa shape index (κ1) is 12.0. The van der Waals surface area contributed by atoms with Crippen molar-refractivity contribution < 1.29 is 9.53 Å². The van der Waals surface area contributed by atoms with Crippen LogP contribution in [0.1, 0.15) is 36.0 Å². The third kappa shape index (κ3) is 2.03. The van der Waals surface area contributed by atoms with E-state index in [-0.39, 0.29) is 6.23 Å². The molecule has 0 spiro atoms. The van der Waals surface area contributed by atoms with Crippen molar-refractivity contribution in [2.75, 3.05) is 6.61 Å². The van der Waals surface area contributed by atoms with Gasteiger partial charge in [0.1, 0.15) is 5.69 Å². The van der Waals surface area contributed by atoms with Crippen LogP contribution in [0.2, 0.25) is 0 Å². The summed E-state index contributed by atoms with van der Waals surface area (Å²) in [4.78, 5) is 15.5. The van der Waals surface area contributed by atoms with Crippen molar-refractivity contribution in [3.8, 4) is 0 Å². The lowest BCUT2D eigenvalue weighted by molar-refractivity contribution is -0.0371. The minimum atomic E-state index is -0.0949. The topological polar surface area (TPSA) is 57.0 Å². The number of nitrogens with zero attached hydrogens (tertiary/aromatic N) is 3. The van der Waals surface area contributed by atoms with Crippen molar-refractivity contribution in [2.24, 2.45) is 0 Å². The Kier molecular flexibility index (Phi) is 3.29. The molecule has 3 heterocycles. The summed E-state index contributed by atoms with van der Waals surface area (Å²) in [5.41, 5.74) is 1.16. The van der Waals surface area contributed by atoms with Gasteiger partial charge in [-0.2, -0.15) is 5.10 Å². The van der Waals surface area contributed by atoms with Crippen LogP contribution in [0.15, 0.2) is 12.3 Å². The molecule has 5 nitrogen and oxygen atoms in total. The molecule has 0 amide bonds. The van der Waals surface area contributed by atoms with Gasteiger partial charge in [0.2, 0.25) is 0 Å². The number of pyridine rings is 1. The maximum atomic E-state index is 11.1. The van der Waals surface area contributed by atoms with Crippen molar-refractivity contribution in [1.29, 1.82) is 0 Å².